The zero-order chi connectivity index (χ0) is 14.6. The fourth-order valence-corrected chi connectivity index (χ4v) is 2.97. The van der Waals surface area contributed by atoms with Gasteiger partial charge in [0.2, 0.25) is 0 Å². The minimum absolute atomic E-state index is 0.0515. The maximum atomic E-state index is 6.35. The van der Waals surface area contributed by atoms with E-state index in [9.17, 15) is 0 Å². The van der Waals surface area contributed by atoms with Crippen molar-refractivity contribution < 1.29 is 9.47 Å². The van der Waals surface area contributed by atoms with Crippen LogP contribution in [0.4, 0.5) is 0 Å². The van der Waals surface area contributed by atoms with Crippen LogP contribution >= 0.6 is 0 Å². The molecule has 0 amide bonds. The highest BCUT2D eigenvalue weighted by molar-refractivity contribution is 5.49. The van der Waals surface area contributed by atoms with Crippen LogP contribution < -0.4 is 14.8 Å². The monoisotopic (exact) mass is 277 g/mol. The zero-order valence-electron chi connectivity index (χ0n) is 13.2. The molecule has 1 aliphatic heterocycles. The summed E-state index contributed by atoms with van der Waals surface area (Å²) in [4.78, 5) is 0. The first-order valence-electron chi connectivity index (χ1n) is 7.81. The van der Waals surface area contributed by atoms with Crippen LogP contribution in [-0.2, 0) is 0 Å². The van der Waals surface area contributed by atoms with Gasteiger partial charge >= 0.3 is 0 Å². The SMILES string of the molecule is CCCOc1cccc2c1C(NC)CC(CC)(CC)O2. The molecule has 3 heteroatoms. The van der Waals surface area contributed by atoms with Crippen LogP contribution in [-0.4, -0.2) is 19.3 Å². The van der Waals surface area contributed by atoms with Gasteiger partial charge in [-0.25, -0.2) is 0 Å². The van der Waals surface area contributed by atoms with Gasteiger partial charge in [-0.2, -0.15) is 0 Å². The fraction of sp³-hybridized carbons (Fsp3) is 0.647. The normalized spacial score (nSPS) is 20.1. The molecule has 0 radical (unpaired) electrons. The molecule has 0 saturated carbocycles. The van der Waals surface area contributed by atoms with Crippen molar-refractivity contribution in [3.8, 4) is 11.5 Å². The van der Waals surface area contributed by atoms with Gasteiger partial charge in [0.15, 0.2) is 0 Å². The lowest BCUT2D eigenvalue weighted by Crippen LogP contribution is -2.42. The van der Waals surface area contributed by atoms with Gasteiger partial charge in [0.1, 0.15) is 17.1 Å². The number of rotatable bonds is 6. The average molecular weight is 277 g/mol. The summed E-state index contributed by atoms with van der Waals surface area (Å²) < 4.78 is 12.3. The van der Waals surface area contributed by atoms with Crippen LogP contribution in [0, 0.1) is 0 Å². The number of ether oxygens (including phenoxy) is 2. The Bertz CT molecular complexity index is 441. The first-order valence-corrected chi connectivity index (χ1v) is 7.81. The van der Waals surface area contributed by atoms with Gasteiger partial charge in [0.05, 0.1) is 12.2 Å². The Hall–Kier alpha value is -1.22. The lowest BCUT2D eigenvalue weighted by Gasteiger charge is -2.42. The molecule has 0 fully saturated rings. The largest absolute Gasteiger partial charge is 0.493 e. The molecule has 0 aromatic heterocycles. The minimum atomic E-state index is -0.0515. The Morgan fingerprint density at radius 3 is 2.65 bits per heavy atom. The Balaban J connectivity index is 2.38. The second-order valence-corrected chi connectivity index (χ2v) is 5.55. The molecule has 3 nitrogen and oxygen atoms in total. The van der Waals surface area contributed by atoms with E-state index in [4.69, 9.17) is 9.47 Å². The van der Waals surface area contributed by atoms with Crippen LogP contribution in [0.15, 0.2) is 18.2 Å². The van der Waals surface area contributed by atoms with Crippen molar-refractivity contribution in [2.75, 3.05) is 13.7 Å². The Morgan fingerprint density at radius 1 is 1.30 bits per heavy atom. The molecule has 0 aliphatic carbocycles. The van der Waals surface area contributed by atoms with E-state index < -0.39 is 0 Å². The number of benzene rings is 1. The molecule has 20 heavy (non-hydrogen) atoms. The van der Waals surface area contributed by atoms with E-state index in [1.807, 2.05) is 19.2 Å². The molecule has 2 rings (SSSR count). The average Bonchev–Trinajstić information content (AvgIpc) is 2.51. The maximum absolute atomic E-state index is 6.35. The number of hydrogen-bond donors (Lipinski definition) is 1. The molecule has 112 valence electrons. The second kappa shape index (κ2) is 6.49. The third kappa shape index (κ3) is 2.78. The maximum Gasteiger partial charge on any atom is 0.128 e. The summed E-state index contributed by atoms with van der Waals surface area (Å²) in [6.45, 7) is 7.29. The first-order chi connectivity index (χ1) is 9.69. The molecule has 1 aromatic carbocycles. The molecule has 1 heterocycles. The molecule has 1 N–H and O–H groups in total. The Labute approximate surface area is 122 Å². The molecule has 1 atom stereocenters. The van der Waals surface area contributed by atoms with Gasteiger partial charge in [0.25, 0.3) is 0 Å². The van der Waals surface area contributed by atoms with Gasteiger partial charge in [-0.3, -0.25) is 0 Å². The predicted octanol–water partition coefficient (Wildman–Crippen LogP) is 4.08. The summed E-state index contributed by atoms with van der Waals surface area (Å²) in [5.41, 5.74) is 1.13. The van der Waals surface area contributed by atoms with Crippen molar-refractivity contribution in [1.29, 1.82) is 0 Å². The van der Waals surface area contributed by atoms with Crippen molar-refractivity contribution in [2.45, 2.75) is 58.1 Å². The quantitative estimate of drug-likeness (QED) is 0.850. The van der Waals surface area contributed by atoms with Gasteiger partial charge in [0, 0.05) is 12.5 Å². The van der Waals surface area contributed by atoms with E-state index in [2.05, 4.69) is 32.2 Å². The Kier molecular flexibility index (Phi) is 4.92. The third-order valence-corrected chi connectivity index (χ3v) is 4.38. The molecule has 1 aromatic rings. The van der Waals surface area contributed by atoms with Gasteiger partial charge in [-0.15, -0.1) is 0 Å². The number of fused-ring (bicyclic) bond motifs is 1. The lowest BCUT2D eigenvalue weighted by molar-refractivity contribution is 0.0228. The van der Waals surface area contributed by atoms with Gasteiger partial charge in [-0.1, -0.05) is 26.8 Å². The molecule has 0 saturated heterocycles. The van der Waals surface area contributed by atoms with Crippen molar-refractivity contribution in [3.63, 3.8) is 0 Å². The van der Waals surface area contributed by atoms with Crippen molar-refractivity contribution in [2.24, 2.45) is 0 Å². The minimum Gasteiger partial charge on any atom is -0.493 e. The summed E-state index contributed by atoms with van der Waals surface area (Å²) in [6.07, 6.45) is 4.07. The van der Waals surface area contributed by atoms with E-state index in [0.29, 0.717) is 6.04 Å². The molecule has 0 bridgehead atoms. The van der Waals surface area contributed by atoms with Crippen molar-refractivity contribution in [3.05, 3.63) is 23.8 Å². The van der Waals surface area contributed by atoms with E-state index in [0.717, 1.165) is 43.8 Å². The van der Waals surface area contributed by atoms with Gasteiger partial charge < -0.3 is 14.8 Å². The summed E-state index contributed by atoms with van der Waals surface area (Å²) in [5.74, 6) is 1.94. The van der Waals surface area contributed by atoms with Crippen LogP contribution in [0.25, 0.3) is 0 Å². The molecular formula is C17H27NO2. The van der Waals surface area contributed by atoms with Crippen LogP contribution in [0.5, 0.6) is 11.5 Å². The standard InChI is InChI=1S/C17H27NO2/c1-5-11-19-14-9-8-10-15-16(14)13(18-4)12-17(6-2,7-3)20-15/h8-10,13,18H,5-7,11-12H2,1-4H3. The molecule has 1 unspecified atom stereocenters. The van der Waals surface area contributed by atoms with E-state index in [-0.39, 0.29) is 5.60 Å². The topological polar surface area (TPSA) is 30.5 Å². The molecule has 0 spiro atoms. The predicted molar refractivity (Wildman–Crippen MR) is 82.6 cm³/mol. The summed E-state index contributed by atoms with van der Waals surface area (Å²) in [7, 11) is 2.02. The Morgan fingerprint density at radius 2 is 2.05 bits per heavy atom. The molecule has 1 aliphatic rings. The highest BCUT2D eigenvalue weighted by atomic mass is 16.5. The van der Waals surface area contributed by atoms with E-state index >= 15 is 0 Å². The number of hydrogen-bond acceptors (Lipinski definition) is 3. The summed E-state index contributed by atoms with van der Waals surface area (Å²) in [5, 5.41) is 3.44. The third-order valence-electron chi connectivity index (χ3n) is 4.38. The van der Waals surface area contributed by atoms with Crippen molar-refractivity contribution >= 4 is 0 Å². The van der Waals surface area contributed by atoms with Gasteiger partial charge in [-0.05, 0) is 38.4 Å². The van der Waals surface area contributed by atoms with Crippen LogP contribution in [0.3, 0.4) is 0 Å². The summed E-state index contributed by atoms with van der Waals surface area (Å²) >= 11 is 0. The van der Waals surface area contributed by atoms with Crippen LogP contribution in [0.1, 0.15) is 58.1 Å². The highest BCUT2D eigenvalue weighted by Crippen LogP contribution is 2.46. The fourth-order valence-electron chi connectivity index (χ4n) is 2.97. The smallest absolute Gasteiger partial charge is 0.128 e. The molecular weight excluding hydrogens is 250 g/mol. The van der Waals surface area contributed by atoms with Crippen LogP contribution in [0.2, 0.25) is 0 Å². The second-order valence-electron chi connectivity index (χ2n) is 5.55. The van der Waals surface area contributed by atoms with E-state index in [1.165, 1.54) is 5.56 Å². The van der Waals surface area contributed by atoms with E-state index in [1.54, 1.807) is 0 Å². The van der Waals surface area contributed by atoms with Crippen molar-refractivity contribution in [1.82, 2.24) is 5.32 Å². The first kappa shape index (κ1) is 15.2. The summed E-state index contributed by atoms with van der Waals surface area (Å²) in [6, 6.07) is 6.44. The number of nitrogens with one attached hydrogen (secondary N) is 1. The highest BCUT2D eigenvalue weighted by Gasteiger charge is 2.39. The lowest BCUT2D eigenvalue weighted by atomic mass is 9.83. The zero-order valence-corrected chi connectivity index (χ0v) is 13.2.